The van der Waals surface area contributed by atoms with Gasteiger partial charge in [-0.05, 0) is 33.6 Å². The summed E-state index contributed by atoms with van der Waals surface area (Å²) in [6.07, 6.45) is 4.82. The second kappa shape index (κ2) is 6.22. The van der Waals surface area contributed by atoms with Crippen LogP contribution in [0.25, 0.3) is 0 Å². The topological polar surface area (TPSA) is 57.6 Å². The number of carbonyl (C=O) groups is 2. The van der Waals surface area contributed by atoms with Crippen LogP contribution in [0, 0.1) is 11.8 Å². The van der Waals surface area contributed by atoms with Crippen LogP contribution in [0.4, 0.5) is 0 Å². The van der Waals surface area contributed by atoms with Crippen molar-refractivity contribution in [2.24, 2.45) is 11.8 Å². The minimum Gasteiger partial charge on any atom is -0.481 e. The van der Waals surface area contributed by atoms with Crippen LogP contribution >= 0.6 is 0 Å². The van der Waals surface area contributed by atoms with E-state index in [-0.39, 0.29) is 17.4 Å². The quantitative estimate of drug-likeness (QED) is 0.797. The van der Waals surface area contributed by atoms with E-state index < -0.39 is 11.9 Å². The van der Waals surface area contributed by atoms with E-state index in [9.17, 15) is 14.7 Å². The van der Waals surface area contributed by atoms with E-state index >= 15 is 0 Å². The summed E-state index contributed by atoms with van der Waals surface area (Å²) in [6, 6.07) is 0. The number of hydrogen-bond acceptors (Lipinski definition) is 2. The van der Waals surface area contributed by atoms with Crippen LogP contribution in [0.3, 0.4) is 0 Å². The van der Waals surface area contributed by atoms with Gasteiger partial charge in [-0.2, -0.15) is 0 Å². The van der Waals surface area contributed by atoms with Crippen LogP contribution in [0.1, 0.15) is 46.5 Å². The first-order chi connectivity index (χ1) is 8.79. The summed E-state index contributed by atoms with van der Waals surface area (Å²) < 4.78 is 0. The van der Waals surface area contributed by atoms with Crippen LogP contribution in [0.5, 0.6) is 0 Å². The molecule has 1 rings (SSSR count). The predicted octanol–water partition coefficient (Wildman–Crippen LogP) is 2.69. The van der Waals surface area contributed by atoms with E-state index in [0.29, 0.717) is 19.4 Å². The van der Waals surface area contributed by atoms with Gasteiger partial charge in [0, 0.05) is 12.1 Å². The number of carboxylic acid groups (broad SMARTS) is 1. The summed E-state index contributed by atoms with van der Waals surface area (Å²) in [5.74, 6) is -1.80. The zero-order valence-corrected chi connectivity index (χ0v) is 12.2. The molecule has 1 aliphatic rings. The lowest BCUT2D eigenvalue weighted by molar-refractivity contribution is -0.154. The Morgan fingerprint density at radius 2 is 1.79 bits per heavy atom. The summed E-state index contributed by atoms with van der Waals surface area (Å²) in [6.45, 7) is 10.0. The van der Waals surface area contributed by atoms with Crippen molar-refractivity contribution in [2.45, 2.75) is 52.0 Å². The van der Waals surface area contributed by atoms with Gasteiger partial charge in [-0.25, -0.2) is 0 Å². The zero-order valence-electron chi connectivity index (χ0n) is 12.2. The molecule has 0 spiro atoms. The number of carboxylic acids is 1. The van der Waals surface area contributed by atoms with Crippen molar-refractivity contribution in [2.75, 3.05) is 6.54 Å². The molecule has 0 radical (unpaired) electrons. The van der Waals surface area contributed by atoms with Crippen molar-refractivity contribution < 1.29 is 14.7 Å². The monoisotopic (exact) mass is 267 g/mol. The molecule has 0 unspecified atom stereocenters. The average molecular weight is 267 g/mol. The van der Waals surface area contributed by atoms with Gasteiger partial charge in [0.05, 0.1) is 11.8 Å². The first kappa shape index (κ1) is 15.7. The van der Waals surface area contributed by atoms with E-state index in [1.807, 2.05) is 20.8 Å². The molecule has 0 saturated heterocycles. The largest absolute Gasteiger partial charge is 0.481 e. The number of aliphatic carboxylic acids is 1. The maximum Gasteiger partial charge on any atom is 0.307 e. The Bertz CT molecular complexity index is 357. The average Bonchev–Trinajstić information content (AvgIpc) is 2.33. The third-order valence-corrected chi connectivity index (χ3v) is 3.79. The highest BCUT2D eigenvalue weighted by molar-refractivity contribution is 5.85. The summed E-state index contributed by atoms with van der Waals surface area (Å²) in [7, 11) is 0. The second-order valence-corrected chi connectivity index (χ2v) is 6.24. The van der Waals surface area contributed by atoms with Crippen LogP contribution < -0.4 is 0 Å². The van der Waals surface area contributed by atoms with Crippen LogP contribution in [0.15, 0.2) is 12.7 Å². The molecule has 19 heavy (non-hydrogen) atoms. The minimum absolute atomic E-state index is 0.0421. The first-order valence-electron chi connectivity index (χ1n) is 6.94. The Balaban J connectivity index is 2.93. The fraction of sp³-hybridized carbons (Fsp3) is 0.733. The number of carbonyl (C=O) groups excluding carboxylic acids is 1. The van der Waals surface area contributed by atoms with Gasteiger partial charge in [0.2, 0.25) is 5.91 Å². The fourth-order valence-electron chi connectivity index (χ4n) is 2.75. The molecule has 0 aliphatic heterocycles. The van der Waals surface area contributed by atoms with Gasteiger partial charge in [-0.3, -0.25) is 9.59 Å². The first-order valence-corrected chi connectivity index (χ1v) is 6.94. The smallest absolute Gasteiger partial charge is 0.307 e. The van der Waals surface area contributed by atoms with Gasteiger partial charge in [0.1, 0.15) is 0 Å². The zero-order chi connectivity index (χ0) is 14.6. The van der Waals surface area contributed by atoms with E-state index in [1.54, 1.807) is 11.0 Å². The third-order valence-electron chi connectivity index (χ3n) is 3.79. The molecule has 1 saturated carbocycles. The molecular formula is C15H25NO3. The molecule has 4 heteroatoms. The van der Waals surface area contributed by atoms with E-state index in [0.717, 1.165) is 12.8 Å². The molecule has 0 aromatic heterocycles. The van der Waals surface area contributed by atoms with E-state index in [1.165, 1.54) is 0 Å². The van der Waals surface area contributed by atoms with Gasteiger partial charge in [-0.15, -0.1) is 6.58 Å². The Morgan fingerprint density at radius 3 is 2.21 bits per heavy atom. The number of amides is 1. The molecule has 0 aromatic rings. The maximum absolute atomic E-state index is 12.7. The fourth-order valence-corrected chi connectivity index (χ4v) is 2.75. The summed E-state index contributed by atoms with van der Waals surface area (Å²) in [5, 5.41) is 9.28. The van der Waals surface area contributed by atoms with Crippen LogP contribution in [-0.4, -0.2) is 34.0 Å². The normalized spacial score (nSPS) is 23.7. The van der Waals surface area contributed by atoms with Crippen molar-refractivity contribution in [1.29, 1.82) is 0 Å². The van der Waals surface area contributed by atoms with Gasteiger partial charge < -0.3 is 10.0 Å². The Hall–Kier alpha value is -1.32. The van der Waals surface area contributed by atoms with Crippen molar-refractivity contribution in [1.82, 2.24) is 4.90 Å². The maximum atomic E-state index is 12.7. The Labute approximate surface area is 115 Å². The number of rotatable bonds is 4. The van der Waals surface area contributed by atoms with Gasteiger partial charge >= 0.3 is 5.97 Å². The number of hydrogen-bond donors (Lipinski definition) is 1. The molecule has 4 nitrogen and oxygen atoms in total. The lowest BCUT2D eigenvalue weighted by Crippen LogP contribution is -2.50. The third kappa shape index (κ3) is 3.82. The van der Waals surface area contributed by atoms with E-state index in [4.69, 9.17) is 0 Å². The molecule has 0 heterocycles. The number of nitrogens with zero attached hydrogens (tertiary/aromatic N) is 1. The lowest BCUT2D eigenvalue weighted by atomic mass is 9.78. The van der Waals surface area contributed by atoms with E-state index in [2.05, 4.69) is 6.58 Å². The molecule has 0 bridgehead atoms. The van der Waals surface area contributed by atoms with Crippen molar-refractivity contribution in [3.8, 4) is 0 Å². The highest BCUT2D eigenvalue weighted by atomic mass is 16.4. The summed E-state index contributed by atoms with van der Waals surface area (Å²) in [5.41, 5.74) is -0.314. The highest BCUT2D eigenvalue weighted by Crippen LogP contribution is 2.33. The Kier molecular flexibility index (Phi) is 5.15. The molecule has 1 aliphatic carbocycles. The van der Waals surface area contributed by atoms with Crippen molar-refractivity contribution in [3.05, 3.63) is 12.7 Å². The van der Waals surface area contributed by atoms with Crippen molar-refractivity contribution >= 4 is 11.9 Å². The van der Waals surface area contributed by atoms with Crippen LogP contribution in [-0.2, 0) is 9.59 Å². The molecule has 1 fully saturated rings. The molecule has 1 amide bonds. The Morgan fingerprint density at radius 1 is 1.26 bits per heavy atom. The van der Waals surface area contributed by atoms with Crippen LogP contribution in [0.2, 0.25) is 0 Å². The van der Waals surface area contributed by atoms with Gasteiger partial charge in [-0.1, -0.05) is 18.9 Å². The van der Waals surface area contributed by atoms with Gasteiger partial charge in [0.25, 0.3) is 0 Å². The second-order valence-electron chi connectivity index (χ2n) is 6.24. The molecule has 108 valence electrons. The SMILES string of the molecule is C=CCN(C(=O)[C@@H]1CCCC[C@@H]1C(=O)O)C(C)(C)C. The van der Waals surface area contributed by atoms with Gasteiger partial charge in [0.15, 0.2) is 0 Å². The predicted molar refractivity (Wildman–Crippen MR) is 74.7 cm³/mol. The van der Waals surface area contributed by atoms with Crippen molar-refractivity contribution in [3.63, 3.8) is 0 Å². The highest BCUT2D eigenvalue weighted by Gasteiger charge is 2.39. The molecule has 2 atom stereocenters. The molecule has 0 aromatic carbocycles. The summed E-state index contributed by atoms with van der Waals surface area (Å²) in [4.78, 5) is 25.7. The molecule has 1 N–H and O–H groups in total. The minimum atomic E-state index is -0.842. The molecular weight excluding hydrogens is 242 g/mol. The lowest BCUT2D eigenvalue weighted by Gasteiger charge is -2.39. The standard InChI is InChI=1S/C15H25NO3/c1-5-10-16(15(2,3)4)13(17)11-8-6-7-9-12(11)14(18)19/h5,11-12H,1,6-10H2,2-4H3,(H,18,19)/t11-,12+/m1/s1. The summed E-state index contributed by atoms with van der Waals surface area (Å²) >= 11 is 0.